The molecule has 0 atom stereocenters. The van der Waals surface area contributed by atoms with Crippen LogP contribution < -0.4 is 11.1 Å². The van der Waals surface area contributed by atoms with Gasteiger partial charge in [-0.05, 0) is 44.9 Å². The summed E-state index contributed by atoms with van der Waals surface area (Å²) in [7, 11) is 0. The van der Waals surface area contributed by atoms with Gasteiger partial charge in [0.15, 0.2) is 0 Å². The monoisotopic (exact) mass is 352 g/mol. The lowest BCUT2D eigenvalue weighted by Crippen LogP contribution is -2.46. The number of hydrogen-bond acceptors (Lipinski definition) is 4. The van der Waals surface area contributed by atoms with E-state index in [0.717, 1.165) is 16.6 Å². The number of anilines is 1. The topological polar surface area (TPSA) is 82.2 Å². The zero-order valence-corrected chi connectivity index (χ0v) is 14.9. The second-order valence-corrected chi connectivity index (χ2v) is 6.53. The zero-order chi connectivity index (χ0) is 16.4. The number of fused-ring (bicyclic) bond motifs is 1. The summed E-state index contributed by atoms with van der Waals surface area (Å²) in [6.45, 7) is 5.70. The summed E-state index contributed by atoms with van der Waals surface area (Å²) in [5.41, 5.74) is 7.08. The predicted octanol–water partition coefficient (Wildman–Crippen LogP) is 2.73. The van der Waals surface area contributed by atoms with Crippen molar-refractivity contribution < 1.29 is 9.53 Å². The van der Waals surface area contributed by atoms with Crippen LogP contribution >= 0.6 is 12.4 Å². The SMILES string of the molecule is CC(C)n1cc2cc(NC(=O)C3(CN)CCOCC3)ccc2n1.Cl. The van der Waals surface area contributed by atoms with E-state index in [1.807, 2.05) is 29.1 Å². The fourth-order valence-corrected chi connectivity index (χ4v) is 2.94. The Kier molecular flexibility index (Phi) is 5.85. The summed E-state index contributed by atoms with van der Waals surface area (Å²) in [6.07, 6.45) is 3.34. The summed E-state index contributed by atoms with van der Waals surface area (Å²) < 4.78 is 7.29. The van der Waals surface area contributed by atoms with Crippen LogP contribution in [0.5, 0.6) is 0 Å². The third-order valence-corrected chi connectivity index (χ3v) is 4.63. The van der Waals surface area contributed by atoms with Crippen LogP contribution in [0.2, 0.25) is 0 Å². The number of nitrogens with zero attached hydrogens (tertiary/aromatic N) is 2. The minimum Gasteiger partial charge on any atom is -0.381 e. The number of carbonyl (C=O) groups excluding carboxylic acids is 1. The van der Waals surface area contributed by atoms with Gasteiger partial charge in [-0.15, -0.1) is 12.4 Å². The molecule has 1 aromatic heterocycles. The molecule has 1 saturated heterocycles. The minimum absolute atomic E-state index is 0. The highest BCUT2D eigenvalue weighted by Gasteiger charge is 2.38. The van der Waals surface area contributed by atoms with Crippen molar-refractivity contribution in [2.24, 2.45) is 11.1 Å². The van der Waals surface area contributed by atoms with Crippen molar-refractivity contribution in [1.82, 2.24) is 9.78 Å². The second-order valence-electron chi connectivity index (χ2n) is 6.53. The molecule has 0 spiro atoms. The maximum Gasteiger partial charge on any atom is 0.232 e. The van der Waals surface area contributed by atoms with Crippen LogP contribution in [-0.2, 0) is 9.53 Å². The molecule has 0 aliphatic carbocycles. The van der Waals surface area contributed by atoms with Gasteiger partial charge in [-0.25, -0.2) is 0 Å². The van der Waals surface area contributed by atoms with E-state index < -0.39 is 5.41 Å². The Morgan fingerprint density at radius 3 is 2.75 bits per heavy atom. The van der Waals surface area contributed by atoms with Gasteiger partial charge in [0.05, 0.1) is 10.9 Å². The number of halogens is 1. The Hall–Kier alpha value is -1.63. The van der Waals surface area contributed by atoms with E-state index >= 15 is 0 Å². The maximum absolute atomic E-state index is 12.7. The van der Waals surface area contributed by atoms with Crippen molar-refractivity contribution in [2.45, 2.75) is 32.7 Å². The van der Waals surface area contributed by atoms with Crippen LogP contribution in [0.1, 0.15) is 32.7 Å². The first-order chi connectivity index (χ1) is 11.0. The molecule has 3 N–H and O–H groups in total. The predicted molar refractivity (Wildman–Crippen MR) is 97.5 cm³/mol. The number of rotatable bonds is 4. The molecule has 132 valence electrons. The first-order valence-electron chi connectivity index (χ1n) is 8.12. The molecule has 0 bridgehead atoms. The number of nitrogens with two attached hydrogens (primary N) is 1. The Morgan fingerprint density at radius 1 is 1.42 bits per heavy atom. The highest BCUT2D eigenvalue weighted by molar-refractivity contribution is 5.97. The Balaban J connectivity index is 0.00000208. The van der Waals surface area contributed by atoms with Crippen LogP contribution in [0.25, 0.3) is 10.9 Å². The van der Waals surface area contributed by atoms with Crippen molar-refractivity contribution in [3.8, 4) is 0 Å². The van der Waals surface area contributed by atoms with E-state index in [1.165, 1.54) is 0 Å². The van der Waals surface area contributed by atoms with Crippen LogP contribution in [0.4, 0.5) is 5.69 Å². The van der Waals surface area contributed by atoms with Gasteiger partial charge in [0.1, 0.15) is 0 Å². The number of benzene rings is 1. The number of amides is 1. The van der Waals surface area contributed by atoms with Gasteiger partial charge in [-0.1, -0.05) is 0 Å². The fourth-order valence-electron chi connectivity index (χ4n) is 2.94. The van der Waals surface area contributed by atoms with Crippen molar-refractivity contribution in [1.29, 1.82) is 0 Å². The van der Waals surface area contributed by atoms with Crippen LogP contribution in [0.3, 0.4) is 0 Å². The third-order valence-electron chi connectivity index (χ3n) is 4.63. The van der Waals surface area contributed by atoms with Gasteiger partial charge in [0.25, 0.3) is 0 Å². The Labute approximate surface area is 148 Å². The van der Waals surface area contributed by atoms with Gasteiger partial charge in [-0.3, -0.25) is 9.48 Å². The average molecular weight is 353 g/mol. The summed E-state index contributed by atoms with van der Waals surface area (Å²) in [5, 5.41) is 8.56. The second kappa shape index (κ2) is 7.51. The van der Waals surface area contributed by atoms with Crippen molar-refractivity contribution in [2.75, 3.05) is 25.1 Å². The van der Waals surface area contributed by atoms with Crippen molar-refractivity contribution in [3.63, 3.8) is 0 Å². The first kappa shape index (κ1) is 18.7. The Bertz CT molecular complexity index is 708. The molecule has 6 nitrogen and oxygen atoms in total. The van der Waals surface area contributed by atoms with Crippen LogP contribution in [0, 0.1) is 5.41 Å². The van der Waals surface area contributed by atoms with E-state index in [1.54, 1.807) is 0 Å². The number of hydrogen-bond donors (Lipinski definition) is 2. The van der Waals surface area contributed by atoms with E-state index in [-0.39, 0.29) is 18.3 Å². The summed E-state index contributed by atoms with van der Waals surface area (Å²) >= 11 is 0. The Morgan fingerprint density at radius 2 is 2.12 bits per heavy atom. The lowest BCUT2D eigenvalue weighted by molar-refractivity contribution is -0.130. The molecule has 0 radical (unpaired) electrons. The van der Waals surface area contributed by atoms with Crippen molar-refractivity contribution >= 4 is 34.9 Å². The molecule has 3 rings (SSSR count). The molecular weight excluding hydrogens is 328 g/mol. The maximum atomic E-state index is 12.7. The summed E-state index contributed by atoms with van der Waals surface area (Å²) in [6, 6.07) is 6.09. The smallest absolute Gasteiger partial charge is 0.232 e. The molecule has 0 unspecified atom stereocenters. The fraction of sp³-hybridized carbons (Fsp3) is 0.529. The number of carbonyl (C=O) groups is 1. The van der Waals surface area contributed by atoms with Gasteiger partial charge in [-0.2, -0.15) is 5.10 Å². The highest BCUT2D eigenvalue weighted by Crippen LogP contribution is 2.31. The standard InChI is InChI=1S/C17H24N4O2.ClH/c1-12(2)21-10-13-9-14(3-4-15(13)20-21)19-16(22)17(11-18)5-7-23-8-6-17;/h3-4,9-10,12H,5-8,11,18H2,1-2H3,(H,19,22);1H. The van der Waals surface area contributed by atoms with E-state index in [9.17, 15) is 4.79 Å². The first-order valence-corrected chi connectivity index (χ1v) is 8.12. The molecule has 24 heavy (non-hydrogen) atoms. The average Bonchev–Trinajstić information content (AvgIpc) is 2.99. The van der Waals surface area contributed by atoms with Crippen LogP contribution in [-0.4, -0.2) is 35.4 Å². The highest BCUT2D eigenvalue weighted by atomic mass is 35.5. The van der Waals surface area contributed by atoms with E-state index in [0.29, 0.717) is 38.6 Å². The molecule has 1 aliphatic rings. The molecule has 2 aromatic rings. The summed E-state index contributed by atoms with van der Waals surface area (Å²) in [4.78, 5) is 12.7. The van der Waals surface area contributed by atoms with Gasteiger partial charge >= 0.3 is 0 Å². The molecule has 1 fully saturated rings. The normalized spacial score (nSPS) is 16.8. The molecule has 0 saturated carbocycles. The van der Waals surface area contributed by atoms with E-state index in [2.05, 4.69) is 24.3 Å². The lowest BCUT2D eigenvalue weighted by Gasteiger charge is -2.34. The largest absolute Gasteiger partial charge is 0.381 e. The number of aromatic nitrogens is 2. The molecule has 1 amide bonds. The quantitative estimate of drug-likeness (QED) is 0.886. The van der Waals surface area contributed by atoms with Gasteiger partial charge in [0, 0.05) is 43.1 Å². The molecular formula is C17H25ClN4O2. The van der Waals surface area contributed by atoms with Crippen LogP contribution in [0.15, 0.2) is 24.4 Å². The molecule has 7 heteroatoms. The van der Waals surface area contributed by atoms with Gasteiger partial charge in [0.2, 0.25) is 5.91 Å². The molecule has 1 aliphatic heterocycles. The van der Waals surface area contributed by atoms with Gasteiger partial charge < -0.3 is 15.8 Å². The minimum atomic E-state index is -0.519. The summed E-state index contributed by atoms with van der Waals surface area (Å²) in [5.74, 6) is -0.0149. The number of ether oxygens (including phenoxy) is 1. The zero-order valence-electron chi connectivity index (χ0n) is 14.1. The third kappa shape index (κ3) is 3.55. The van der Waals surface area contributed by atoms with Crippen molar-refractivity contribution in [3.05, 3.63) is 24.4 Å². The number of nitrogens with one attached hydrogen (secondary N) is 1. The molecule has 2 heterocycles. The van der Waals surface area contributed by atoms with E-state index in [4.69, 9.17) is 10.5 Å². The lowest BCUT2D eigenvalue weighted by atomic mass is 9.79. The molecule has 1 aromatic carbocycles.